The molecule has 2 aromatic heterocycles. The summed E-state index contributed by atoms with van der Waals surface area (Å²) in [6.45, 7) is 1.85. The van der Waals surface area contributed by atoms with Crippen LogP contribution in [0.25, 0.3) is 11.4 Å². The van der Waals surface area contributed by atoms with Crippen molar-refractivity contribution in [3.8, 4) is 11.4 Å². The molecule has 0 amide bonds. The number of thiophene rings is 1. The van der Waals surface area contributed by atoms with Gasteiger partial charge in [-0.15, -0.1) is 11.3 Å². The van der Waals surface area contributed by atoms with Gasteiger partial charge in [0.2, 0.25) is 11.7 Å². The van der Waals surface area contributed by atoms with Crippen LogP contribution in [0.15, 0.2) is 45.1 Å². The molecule has 0 aliphatic carbocycles. The molecule has 0 saturated heterocycles. The van der Waals surface area contributed by atoms with E-state index < -0.39 is 10.0 Å². The monoisotopic (exact) mass is 367 g/mol. The lowest BCUT2D eigenvalue weighted by atomic mass is 10.2. The minimum Gasteiger partial charge on any atom is -0.338 e. The number of aromatic nitrogens is 2. The van der Waals surface area contributed by atoms with Gasteiger partial charge in [-0.2, -0.15) is 4.98 Å². The molecule has 0 unspecified atom stereocenters. The number of nitrogens with zero attached hydrogens (tertiary/aromatic N) is 2. The molecule has 2 heterocycles. The molecule has 1 aromatic carbocycles. The molecule has 24 heavy (non-hydrogen) atoms. The second kappa shape index (κ2) is 6.80. The van der Waals surface area contributed by atoms with Crippen LogP contribution in [0.4, 0.5) is 4.39 Å². The van der Waals surface area contributed by atoms with Crippen LogP contribution in [0.5, 0.6) is 0 Å². The van der Waals surface area contributed by atoms with Crippen LogP contribution in [0.3, 0.4) is 0 Å². The minimum absolute atomic E-state index is 0.115. The predicted molar refractivity (Wildman–Crippen MR) is 87.4 cm³/mol. The van der Waals surface area contributed by atoms with E-state index in [4.69, 9.17) is 4.52 Å². The predicted octanol–water partition coefficient (Wildman–Crippen LogP) is 2.98. The molecule has 0 aliphatic rings. The highest BCUT2D eigenvalue weighted by Gasteiger charge is 2.18. The molecule has 126 valence electrons. The summed E-state index contributed by atoms with van der Waals surface area (Å²) in [5, 5.41) is 3.77. The quantitative estimate of drug-likeness (QED) is 0.724. The van der Waals surface area contributed by atoms with E-state index in [-0.39, 0.29) is 28.3 Å². The standard InChI is InChI=1S/C15H14FN3O3S2/c1-2-12-7-8-14(23-12)24(20,21)17-9-13-18-15(19-22-13)10-3-5-11(16)6-4-10/h3-8,17H,2,9H2,1H3. The van der Waals surface area contributed by atoms with Crippen molar-refractivity contribution in [1.29, 1.82) is 0 Å². The van der Waals surface area contributed by atoms with Crippen molar-refractivity contribution < 1.29 is 17.3 Å². The van der Waals surface area contributed by atoms with Crippen molar-refractivity contribution in [2.45, 2.75) is 24.1 Å². The first kappa shape index (κ1) is 16.7. The van der Waals surface area contributed by atoms with Crippen LogP contribution in [-0.2, 0) is 23.0 Å². The third-order valence-corrected chi connectivity index (χ3v) is 6.36. The third kappa shape index (κ3) is 3.69. The third-order valence-electron chi connectivity index (χ3n) is 3.23. The van der Waals surface area contributed by atoms with E-state index in [2.05, 4.69) is 14.9 Å². The summed E-state index contributed by atoms with van der Waals surface area (Å²) in [4.78, 5) is 5.10. The zero-order chi connectivity index (χ0) is 17.2. The second-order valence-electron chi connectivity index (χ2n) is 4.92. The van der Waals surface area contributed by atoms with Gasteiger partial charge in [0.05, 0.1) is 6.54 Å². The molecule has 6 nitrogen and oxygen atoms in total. The lowest BCUT2D eigenvalue weighted by Gasteiger charge is -2.01. The number of nitrogens with one attached hydrogen (secondary N) is 1. The average molecular weight is 367 g/mol. The summed E-state index contributed by atoms with van der Waals surface area (Å²) in [6.07, 6.45) is 0.783. The van der Waals surface area contributed by atoms with Gasteiger partial charge in [0, 0.05) is 10.4 Å². The molecule has 0 radical (unpaired) electrons. The topological polar surface area (TPSA) is 85.1 Å². The van der Waals surface area contributed by atoms with Gasteiger partial charge in [0.15, 0.2) is 0 Å². The molecule has 3 aromatic rings. The number of hydrogen-bond donors (Lipinski definition) is 1. The lowest BCUT2D eigenvalue weighted by molar-refractivity contribution is 0.376. The Labute approximate surface area is 142 Å². The number of aryl methyl sites for hydroxylation is 1. The van der Waals surface area contributed by atoms with E-state index >= 15 is 0 Å². The van der Waals surface area contributed by atoms with Gasteiger partial charge >= 0.3 is 0 Å². The van der Waals surface area contributed by atoms with Gasteiger partial charge in [0.1, 0.15) is 10.0 Å². The number of sulfonamides is 1. The lowest BCUT2D eigenvalue weighted by Crippen LogP contribution is -2.22. The summed E-state index contributed by atoms with van der Waals surface area (Å²) in [5.41, 5.74) is 0.583. The van der Waals surface area contributed by atoms with Crippen LogP contribution in [0.2, 0.25) is 0 Å². The van der Waals surface area contributed by atoms with E-state index in [1.807, 2.05) is 6.92 Å². The minimum atomic E-state index is -3.62. The fourth-order valence-electron chi connectivity index (χ4n) is 1.96. The molecule has 0 spiro atoms. The maximum Gasteiger partial charge on any atom is 0.250 e. The largest absolute Gasteiger partial charge is 0.338 e. The van der Waals surface area contributed by atoms with Gasteiger partial charge in [-0.05, 0) is 42.8 Å². The summed E-state index contributed by atoms with van der Waals surface area (Å²) in [7, 11) is -3.62. The number of benzene rings is 1. The SMILES string of the molecule is CCc1ccc(S(=O)(=O)NCc2nc(-c3ccc(F)cc3)no2)s1. The van der Waals surface area contributed by atoms with Gasteiger partial charge < -0.3 is 4.52 Å². The van der Waals surface area contributed by atoms with E-state index in [1.165, 1.54) is 35.6 Å². The first-order valence-corrected chi connectivity index (χ1v) is 9.45. The number of halogens is 1. The Morgan fingerprint density at radius 2 is 1.96 bits per heavy atom. The van der Waals surface area contributed by atoms with E-state index in [0.29, 0.717) is 5.56 Å². The Bertz CT molecular complexity index is 933. The highest BCUT2D eigenvalue weighted by Crippen LogP contribution is 2.22. The van der Waals surface area contributed by atoms with Crippen molar-refractivity contribution in [2.24, 2.45) is 0 Å². The first-order valence-electron chi connectivity index (χ1n) is 7.15. The van der Waals surface area contributed by atoms with E-state index in [0.717, 1.165) is 11.3 Å². The van der Waals surface area contributed by atoms with Crippen molar-refractivity contribution in [1.82, 2.24) is 14.9 Å². The van der Waals surface area contributed by atoms with Crippen LogP contribution in [0, 0.1) is 5.82 Å². The fourth-order valence-corrected chi connectivity index (χ4v) is 4.28. The zero-order valence-corrected chi connectivity index (χ0v) is 14.3. The normalized spacial score (nSPS) is 11.8. The van der Waals surface area contributed by atoms with Crippen LogP contribution < -0.4 is 4.72 Å². The highest BCUT2D eigenvalue weighted by atomic mass is 32.2. The summed E-state index contributed by atoms with van der Waals surface area (Å²) in [6, 6.07) is 8.98. The molecule has 0 bridgehead atoms. The smallest absolute Gasteiger partial charge is 0.250 e. The Hall–Kier alpha value is -2.10. The Kier molecular flexibility index (Phi) is 4.74. The molecule has 0 atom stereocenters. The molecule has 0 aliphatic heterocycles. The summed E-state index contributed by atoms with van der Waals surface area (Å²) >= 11 is 1.23. The highest BCUT2D eigenvalue weighted by molar-refractivity contribution is 7.91. The average Bonchev–Trinajstić information content (AvgIpc) is 3.23. The molecule has 0 saturated carbocycles. The van der Waals surface area contributed by atoms with Crippen molar-refractivity contribution in [3.63, 3.8) is 0 Å². The molecular formula is C15H14FN3O3S2. The maximum atomic E-state index is 12.9. The zero-order valence-electron chi connectivity index (χ0n) is 12.7. The molecule has 3 rings (SSSR count). The Morgan fingerprint density at radius 1 is 1.21 bits per heavy atom. The van der Waals surface area contributed by atoms with Gasteiger partial charge in [-0.25, -0.2) is 17.5 Å². The number of rotatable bonds is 6. The number of hydrogen-bond acceptors (Lipinski definition) is 6. The van der Waals surface area contributed by atoms with E-state index in [1.54, 1.807) is 12.1 Å². The first-order chi connectivity index (χ1) is 11.5. The Morgan fingerprint density at radius 3 is 2.62 bits per heavy atom. The van der Waals surface area contributed by atoms with E-state index in [9.17, 15) is 12.8 Å². The van der Waals surface area contributed by atoms with Crippen molar-refractivity contribution in [3.05, 3.63) is 53.0 Å². The second-order valence-corrected chi connectivity index (χ2v) is 8.08. The molecule has 1 N–H and O–H groups in total. The summed E-state index contributed by atoms with van der Waals surface area (Å²) in [5.74, 6) is 0.0383. The van der Waals surface area contributed by atoms with Crippen molar-refractivity contribution >= 4 is 21.4 Å². The maximum absolute atomic E-state index is 12.9. The van der Waals surface area contributed by atoms with Crippen molar-refractivity contribution in [2.75, 3.05) is 0 Å². The molecular weight excluding hydrogens is 353 g/mol. The van der Waals surface area contributed by atoms with Gasteiger partial charge in [-0.1, -0.05) is 12.1 Å². The van der Waals surface area contributed by atoms with Gasteiger partial charge in [-0.3, -0.25) is 0 Å². The Balaban J connectivity index is 1.70. The summed E-state index contributed by atoms with van der Waals surface area (Å²) < 4.78 is 45.0. The van der Waals surface area contributed by atoms with Crippen LogP contribution in [-0.4, -0.2) is 18.6 Å². The van der Waals surface area contributed by atoms with Crippen LogP contribution >= 0.6 is 11.3 Å². The van der Waals surface area contributed by atoms with Gasteiger partial charge in [0.25, 0.3) is 10.0 Å². The molecule has 9 heteroatoms. The fraction of sp³-hybridized carbons (Fsp3) is 0.200. The van der Waals surface area contributed by atoms with Crippen LogP contribution in [0.1, 0.15) is 17.7 Å². The molecule has 0 fully saturated rings.